The van der Waals surface area contributed by atoms with E-state index in [1.54, 1.807) is 6.33 Å². The third-order valence-electron chi connectivity index (χ3n) is 4.99. The van der Waals surface area contributed by atoms with Gasteiger partial charge in [-0.05, 0) is 25.7 Å². The summed E-state index contributed by atoms with van der Waals surface area (Å²) in [5.41, 5.74) is 3.88. The third kappa shape index (κ3) is 2.71. The molecule has 3 heteroatoms. The molecule has 1 fully saturated rings. The largest absolute Gasteiger partial charge is 0.710 e. The van der Waals surface area contributed by atoms with Crippen LogP contribution in [-0.4, -0.2) is 4.57 Å². The van der Waals surface area contributed by atoms with Crippen LogP contribution in [0.15, 0.2) is 67.0 Å². The highest BCUT2D eigenvalue weighted by atomic mass is 16.5. The minimum atomic E-state index is 0.423. The molecule has 0 atom stereocenters. The maximum absolute atomic E-state index is 12.8. The summed E-state index contributed by atoms with van der Waals surface area (Å²) in [6, 6.07) is 20.7. The fraction of sp³-hybridized carbons (Fsp3) is 0.286. The molecule has 0 bridgehead atoms. The van der Waals surface area contributed by atoms with Crippen LogP contribution < -0.4 is 4.73 Å². The fourth-order valence-corrected chi connectivity index (χ4v) is 3.83. The summed E-state index contributed by atoms with van der Waals surface area (Å²) in [4.78, 5) is 0. The standard InChI is InChI=1S/C21H22N2O/c24-23-16-22(19-14-8-3-9-15-19)20(17-10-4-1-5-11-17)21(23)18-12-6-2-7-13-18/h1-2,4-7,10-13,16,19H,3,8-9,14-15H2. The maximum atomic E-state index is 12.8. The number of benzene rings is 2. The molecule has 3 aromatic rings. The average molecular weight is 318 g/mol. The van der Waals surface area contributed by atoms with E-state index in [0.29, 0.717) is 6.04 Å². The molecule has 24 heavy (non-hydrogen) atoms. The molecule has 1 aliphatic carbocycles. The first-order chi connectivity index (χ1) is 11.8. The van der Waals surface area contributed by atoms with Gasteiger partial charge in [-0.15, -0.1) is 0 Å². The Bertz CT molecular complexity index is 803. The summed E-state index contributed by atoms with van der Waals surface area (Å²) >= 11 is 0. The monoisotopic (exact) mass is 318 g/mol. The Morgan fingerprint density at radius 2 is 1.38 bits per heavy atom. The van der Waals surface area contributed by atoms with E-state index < -0.39 is 0 Å². The van der Waals surface area contributed by atoms with Gasteiger partial charge in [0.05, 0.1) is 0 Å². The first-order valence-electron chi connectivity index (χ1n) is 8.79. The topological polar surface area (TPSA) is 31.9 Å². The Labute approximate surface area is 142 Å². The number of hydrogen-bond acceptors (Lipinski definition) is 1. The van der Waals surface area contributed by atoms with Gasteiger partial charge in [-0.1, -0.05) is 67.1 Å². The molecule has 0 radical (unpaired) electrons. The zero-order chi connectivity index (χ0) is 16.4. The van der Waals surface area contributed by atoms with Crippen molar-refractivity contribution in [3.63, 3.8) is 0 Å². The molecule has 0 saturated heterocycles. The van der Waals surface area contributed by atoms with Crippen LogP contribution in [0.2, 0.25) is 0 Å². The minimum Gasteiger partial charge on any atom is -0.710 e. The van der Waals surface area contributed by atoms with Crippen molar-refractivity contribution in [2.75, 3.05) is 0 Å². The lowest BCUT2D eigenvalue weighted by molar-refractivity contribution is -0.593. The van der Waals surface area contributed by atoms with Gasteiger partial charge in [0.2, 0.25) is 6.33 Å². The number of hydrogen-bond donors (Lipinski definition) is 0. The highest BCUT2D eigenvalue weighted by Gasteiger charge is 2.29. The zero-order valence-corrected chi connectivity index (χ0v) is 13.8. The summed E-state index contributed by atoms with van der Waals surface area (Å²) in [7, 11) is 0. The predicted octanol–water partition coefficient (Wildman–Crippen LogP) is 4.96. The molecule has 0 unspecified atom stereocenters. The molecule has 1 saturated carbocycles. The van der Waals surface area contributed by atoms with Crippen molar-refractivity contribution in [3.05, 3.63) is 72.2 Å². The summed E-state index contributed by atoms with van der Waals surface area (Å²) in [5.74, 6) is 0. The lowest BCUT2D eigenvalue weighted by Gasteiger charge is -2.20. The Balaban J connectivity index is 1.92. The van der Waals surface area contributed by atoms with Crippen molar-refractivity contribution in [1.82, 2.24) is 4.57 Å². The SMILES string of the molecule is [O-][n+]1cn(C2CCCCC2)c(-c2ccccc2)c1-c1ccccc1. The second-order valence-electron chi connectivity index (χ2n) is 6.57. The van der Waals surface area contributed by atoms with Crippen molar-refractivity contribution in [1.29, 1.82) is 0 Å². The van der Waals surface area contributed by atoms with E-state index in [0.717, 1.165) is 40.1 Å². The lowest BCUT2D eigenvalue weighted by atomic mass is 9.94. The van der Waals surface area contributed by atoms with Gasteiger partial charge in [-0.2, -0.15) is 0 Å². The van der Waals surface area contributed by atoms with E-state index >= 15 is 0 Å². The summed E-state index contributed by atoms with van der Waals surface area (Å²) in [6.45, 7) is 0. The Morgan fingerprint density at radius 3 is 2.00 bits per heavy atom. The molecule has 0 amide bonds. The van der Waals surface area contributed by atoms with E-state index in [9.17, 15) is 5.21 Å². The van der Waals surface area contributed by atoms with Gasteiger partial charge in [0.1, 0.15) is 6.04 Å². The number of nitrogens with zero attached hydrogens (tertiary/aromatic N) is 2. The zero-order valence-electron chi connectivity index (χ0n) is 13.8. The second kappa shape index (κ2) is 6.52. The van der Waals surface area contributed by atoms with Gasteiger partial charge in [0, 0.05) is 11.1 Å². The fourth-order valence-electron chi connectivity index (χ4n) is 3.83. The van der Waals surface area contributed by atoms with Crippen LogP contribution in [0, 0.1) is 5.21 Å². The summed E-state index contributed by atoms with van der Waals surface area (Å²) in [6.07, 6.45) is 7.86. The average Bonchev–Trinajstić information content (AvgIpc) is 3.01. The molecular formula is C21H22N2O. The maximum Gasteiger partial charge on any atom is 0.248 e. The van der Waals surface area contributed by atoms with Crippen LogP contribution in [0.25, 0.3) is 22.5 Å². The molecule has 1 aliphatic rings. The molecule has 3 nitrogen and oxygen atoms in total. The number of rotatable bonds is 3. The number of aromatic nitrogens is 2. The summed E-state index contributed by atoms with van der Waals surface area (Å²) < 4.78 is 3.27. The molecule has 1 aromatic heterocycles. The van der Waals surface area contributed by atoms with Crippen molar-refractivity contribution < 1.29 is 4.73 Å². The van der Waals surface area contributed by atoms with Gasteiger partial charge in [0.15, 0.2) is 11.4 Å². The summed E-state index contributed by atoms with van der Waals surface area (Å²) in [5, 5.41) is 12.8. The molecule has 4 rings (SSSR count). The van der Waals surface area contributed by atoms with Crippen molar-refractivity contribution >= 4 is 0 Å². The lowest BCUT2D eigenvalue weighted by Crippen LogP contribution is -2.26. The normalized spacial score (nSPS) is 15.5. The molecular weight excluding hydrogens is 296 g/mol. The minimum absolute atomic E-state index is 0.423. The Morgan fingerprint density at radius 1 is 0.792 bits per heavy atom. The molecule has 0 spiro atoms. The molecule has 122 valence electrons. The highest BCUT2D eigenvalue weighted by molar-refractivity contribution is 5.76. The van der Waals surface area contributed by atoms with Crippen LogP contribution in [0.5, 0.6) is 0 Å². The van der Waals surface area contributed by atoms with Crippen molar-refractivity contribution in [2.24, 2.45) is 0 Å². The van der Waals surface area contributed by atoms with E-state index in [1.807, 2.05) is 48.5 Å². The van der Waals surface area contributed by atoms with Crippen LogP contribution in [-0.2, 0) is 0 Å². The van der Waals surface area contributed by atoms with Crippen molar-refractivity contribution in [3.8, 4) is 22.5 Å². The van der Waals surface area contributed by atoms with Crippen LogP contribution in [0.4, 0.5) is 0 Å². The smallest absolute Gasteiger partial charge is 0.248 e. The molecule has 1 heterocycles. The van der Waals surface area contributed by atoms with E-state index in [1.165, 1.54) is 19.3 Å². The molecule has 2 aromatic carbocycles. The second-order valence-corrected chi connectivity index (χ2v) is 6.57. The highest BCUT2D eigenvalue weighted by Crippen LogP contribution is 2.36. The van der Waals surface area contributed by atoms with E-state index in [-0.39, 0.29) is 0 Å². The first kappa shape index (κ1) is 15.0. The number of imidazole rings is 1. The van der Waals surface area contributed by atoms with Crippen molar-refractivity contribution in [2.45, 2.75) is 38.1 Å². The van der Waals surface area contributed by atoms with Crippen LogP contribution in [0.1, 0.15) is 38.1 Å². The quantitative estimate of drug-likeness (QED) is 0.496. The molecule has 0 N–H and O–H groups in total. The predicted molar refractivity (Wildman–Crippen MR) is 96.4 cm³/mol. The Hall–Kier alpha value is -2.55. The van der Waals surface area contributed by atoms with Crippen LogP contribution in [0.3, 0.4) is 0 Å². The first-order valence-corrected chi connectivity index (χ1v) is 8.79. The molecule has 0 aliphatic heterocycles. The Kier molecular flexibility index (Phi) is 4.08. The van der Waals surface area contributed by atoms with Gasteiger partial charge < -0.3 is 5.21 Å². The van der Waals surface area contributed by atoms with E-state index in [2.05, 4.69) is 16.7 Å². The van der Waals surface area contributed by atoms with Gasteiger partial charge in [-0.3, -0.25) is 0 Å². The third-order valence-corrected chi connectivity index (χ3v) is 4.99. The van der Waals surface area contributed by atoms with E-state index in [4.69, 9.17) is 0 Å². The van der Waals surface area contributed by atoms with Crippen LogP contribution >= 0.6 is 0 Å². The van der Waals surface area contributed by atoms with Gasteiger partial charge in [-0.25, -0.2) is 9.30 Å². The van der Waals surface area contributed by atoms with Gasteiger partial charge in [0.25, 0.3) is 0 Å². The van der Waals surface area contributed by atoms with Gasteiger partial charge >= 0.3 is 0 Å².